The number of hydrogen-bond donors (Lipinski definition) is 1. The smallest absolute Gasteiger partial charge is 0.412 e. The molecule has 2 aliphatic rings. The molecule has 9 heteroatoms. The minimum absolute atomic E-state index is 0.0131. The van der Waals surface area contributed by atoms with Gasteiger partial charge in [0.2, 0.25) is 0 Å². The molecule has 178 valence electrons. The Labute approximate surface area is 190 Å². The van der Waals surface area contributed by atoms with Crippen molar-refractivity contribution in [2.24, 2.45) is 0 Å². The lowest BCUT2D eigenvalue weighted by atomic mass is 9.93. The van der Waals surface area contributed by atoms with Crippen molar-refractivity contribution in [2.45, 2.75) is 95.7 Å². The van der Waals surface area contributed by atoms with Crippen LogP contribution in [0.5, 0.6) is 0 Å². The number of likely N-dealkylation sites (tertiary alicyclic amines) is 1. The quantitative estimate of drug-likeness (QED) is 0.526. The number of ether oxygens (including phenoxy) is 3. The summed E-state index contributed by atoms with van der Waals surface area (Å²) in [5.41, 5.74) is 0.795. The summed E-state index contributed by atoms with van der Waals surface area (Å²) in [7, 11) is -2.37. The van der Waals surface area contributed by atoms with E-state index in [1.165, 1.54) is 0 Å². The van der Waals surface area contributed by atoms with Crippen molar-refractivity contribution in [1.82, 2.24) is 4.90 Å². The van der Waals surface area contributed by atoms with Gasteiger partial charge in [0.05, 0.1) is 0 Å². The molecule has 2 fully saturated rings. The number of amides is 1. The maximum Gasteiger partial charge on any atom is 0.412 e. The van der Waals surface area contributed by atoms with Gasteiger partial charge in [-0.25, -0.2) is 4.79 Å². The molecule has 0 saturated carbocycles. The molecule has 0 aromatic heterocycles. The summed E-state index contributed by atoms with van der Waals surface area (Å²) in [6.45, 7) is 13.9. The summed E-state index contributed by atoms with van der Waals surface area (Å²) in [4.78, 5) is 26.2. The standard InChI is InChI=1S/C23H35NO7Si/c1-22(2,3)32(6,7)31-19-18-17(29-23(4,5)30-18)16(13-25)24(20(19)26)21(27)28-14-15-11-9-8-10-12-15/h8-13,16-20,26H,14H2,1-7H3/t16-,17+,18+,19-,20?/m1/s1. The average Bonchev–Trinajstić information content (AvgIpc) is 3.02. The molecule has 32 heavy (non-hydrogen) atoms. The van der Waals surface area contributed by atoms with E-state index >= 15 is 0 Å². The summed E-state index contributed by atoms with van der Waals surface area (Å²) in [5, 5.41) is 11.1. The Morgan fingerprint density at radius 2 is 1.78 bits per heavy atom. The highest BCUT2D eigenvalue weighted by atomic mass is 28.4. The molecule has 5 atom stereocenters. The van der Waals surface area contributed by atoms with Crippen LogP contribution in [0.3, 0.4) is 0 Å². The number of aliphatic hydroxyl groups is 1. The highest BCUT2D eigenvalue weighted by Crippen LogP contribution is 2.43. The van der Waals surface area contributed by atoms with Crippen molar-refractivity contribution in [3.05, 3.63) is 35.9 Å². The largest absolute Gasteiger partial charge is 0.444 e. The topological polar surface area (TPSA) is 94.5 Å². The van der Waals surface area contributed by atoms with Crippen LogP contribution in [0.25, 0.3) is 0 Å². The van der Waals surface area contributed by atoms with E-state index < -0.39 is 50.8 Å². The number of benzene rings is 1. The van der Waals surface area contributed by atoms with Gasteiger partial charge in [-0.3, -0.25) is 4.90 Å². The number of carbonyl (C=O) groups is 2. The molecule has 0 radical (unpaired) electrons. The second kappa shape index (κ2) is 8.87. The van der Waals surface area contributed by atoms with E-state index in [0.717, 1.165) is 10.5 Å². The third-order valence-corrected chi connectivity index (χ3v) is 11.0. The van der Waals surface area contributed by atoms with Crippen molar-refractivity contribution in [3.63, 3.8) is 0 Å². The van der Waals surface area contributed by atoms with Gasteiger partial charge < -0.3 is 28.5 Å². The van der Waals surface area contributed by atoms with Gasteiger partial charge in [0, 0.05) is 0 Å². The van der Waals surface area contributed by atoms with E-state index in [0.29, 0.717) is 6.29 Å². The summed E-state index contributed by atoms with van der Waals surface area (Å²) >= 11 is 0. The number of hydrogen-bond acceptors (Lipinski definition) is 7. The molecular formula is C23H35NO7Si. The van der Waals surface area contributed by atoms with E-state index in [4.69, 9.17) is 18.6 Å². The molecule has 1 unspecified atom stereocenters. The highest BCUT2D eigenvalue weighted by molar-refractivity contribution is 6.74. The predicted octanol–water partition coefficient (Wildman–Crippen LogP) is 3.44. The Kier molecular flexibility index (Phi) is 6.89. The van der Waals surface area contributed by atoms with Crippen molar-refractivity contribution in [2.75, 3.05) is 0 Å². The zero-order valence-corrected chi connectivity index (χ0v) is 20.9. The van der Waals surface area contributed by atoms with Crippen LogP contribution >= 0.6 is 0 Å². The van der Waals surface area contributed by atoms with E-state index in [2.05, 4.69) is 33.9 Å². The van der Waals surface area contributed by atoms with E-state index in [-0.39, 0.29) is 11.6 Å². The first-order valence-corrected chi connectivity index (χ1v) is 13.8. The van der Waals surface area contributed by atoms with Gasteiger partial charge >= 0.3 is 6.09 Å². The van der Waals surface area contributed by atoms with Crippen LogP contribution in [-0.4, -0.2) is 67.1 Å². The molecule has 0 spiro atoms. The minimum Gasteiger partial charge on any atom is -0.444 e. The Balaban J connectivity index is 1.90. The molecule has 1 N–H and O–H groups in total. The Morgan fingerprint density at radius 1 is 1.19 bits per heavy atom. The van der Waals surface area contributed by atoms with Crippen LogP contribution in [0.2, 0.25) is 18.1 Å². The summed E-state index contributed by atoms with van der Waals surface area (Å²) in [6.07, 6.45) is -4.02. The fraction of sp³-hybridized carbons (Fsp3) is 0.652. The first-order valence-electron chi connectivity index (χ1n) is 10.9. The number of fused-ring (bicyclic) bond motifs is 1. The maximum absolute atomic E-state index is 13.1. The molecule has 1 amide bonds. The van der Waals surface area contributed by atoms with Crippen LogP contribution < -0.4 is 0 Å². The van der Waals surface area contributed by atoms with Gasteiger partial charge in [0.1, 0.15) is 37.2 Å². The molecule has 3 rings (SSSR count). The van der Waals surface area contributed by atoms with E-state index in [1.807, 2.05) is 30.3 Å². The number of carbonyl (C=O) groups excluding carboxylic acids is 2. The molecular weight excluding hydrogens is 430 g/mol. The molecule has 2 heterocycles. The van der Waals surface area contributed by atoms with Crippen LogP contribution in [0.15, 0.2) is 30.3 Å². The van der Waals surface area contributed by atoms with Gasteiger partial charge in [-0.05, 0) is 37.5 Å². The third-order valence-electron chi connectivity index (χ3n) is 6.52. The van der Waals surface area contributed by atoms with Gasteiger partial charge in [0.15, 0.2) is 20.3 Å². The molecule has 2 saturated heterocycles. The second-order valence-corrected chi connectivity index (χ2v) is 15.2. The lowest BCUT2D eigenvalue weighted by Gasteiger charge is -2.49. The maximum atomic E-state index is 13.1. The molecule has 1 aromatic carbocycles. The van der Waals surface area contributed by atoms with Crippen molar-refractivity contribution in [1.29, 1.82) is 0 Å². The van der Waals surface area contributed by atoms with Crippen molar-refractivity contribution < 1.29 is 33.3 Å². The summed E-state index contributed by atoms with van der Waals surface area (Å²) in [6, 6.07) is 8.13. The molecule has 1 aromatic rings. The normalized spacial score (nSPS) is 30.0. The fourth-order valence-corrected chi connectivity index (χ4v) is 5.10. The van der Waals surface area contributed by atoms with Crippen LogP contribution in [0.1, 0.15) is 40.2 Å². The zero-order valence-electron chi connectivity index (χ0n) is 19.9. The Morgan fingerprint density at radius 3 is 2.34 bits per heavy atom. The molecule has 0 bridgehead atoms. The molecule has 8 nitrogen and oxygen atoms in total. The molecule has 0 aliphatic carbocycles. The van der Waals surface area contributed by atoms with Crippen LogP contribution in [-0.2, 0) is 30.0 Å². The van der Waals surface area contributed by atoms with Gasteiger partial charge in [-0.1, -0.05) is 51.1 Å². The predicted molar refractivity (Wildman–Crippen MR) is 120 cm³/mol. The highest BCUT2D eigenvalue weighted by Gasteiger charge is 2.60. The minimum atomic E-state index is -2.37. The third kappa shape index (κ3) is 4.91. The Bertz CT molecular complexity index is 823. The average molecular weight is 466 g/mol. The summed E-state index contributed by atoms with van der Waals surface area (Å²) in [5.74, 6) is -0.991. The lowest BCUT2D eigenvalue weighted by molar-refractivity contribution is -0.175. The zero-order chi connectivity index (χ0) is 23.9. The van der Waals surface area contributed by atoms with Gasteiger partial charge in [-0.15, -0.1) is 0 Å². The number of aldehydes is 1. The first kappa shape index (κ1) is 24.9. The lowest BCUT2D eigenvalue weighted by Crippen LogP contribution is -2.69. The van der Waals surface area contributed by atoms with Crippen molar-refractivity contribution >= 4 is 20.7 Å². The monoisotopic (exact) mass is 465 g/mol. The summed E-state index contributed by atoms with van der Waals surface area (Å²) < 4.78 is 24.0. The number of piperidine rings is 1. The van der Waals surface area contributed by atoms with Crippen molar-refractivity contribution in [3.8, 4) is 0 Å². The first-order chi connectivity index (χ1) is 14.8. The van der Waals surface area contributed by atoms with Gasteiger partial charge in [0.25, 0.3) is 0 Å². The number of nitrogens with zero attached hydrogens (tertiary/aromatic N) is 1. The second-order valence-electron chi connectivity index (χ2n) is 10.4. The van der Waals surface area contributed by atoms with Crippen LogP contribution in [0, 0.1) is 0 Å². The van der Waals surface area contributed by atoms with E-state index in [1.54, 1.807) is 13.8 Å². The van der Waals surface area contributed by atoms with E-state index in [9.17, 15) is 14.7 Å². The number of rotatable bonds is 5. The van der Waals surface area contributed by atoms with Gasteiger partial charge in [-0.2, -0.15) is 0 Å². The number of aliphatic hydroxyl groups excluding tert-OH is 1. The SMILES string of the molecule is CC1(C)O[C@@H]2[C@H](O1)[C@@H](O[Si](C)(C)C(C)(C)C)C(O)N(C(=O)OCc1ccccc1)[C@@H]2C=O. The van der Waals surface area contributed by atoms with Crippen LogP contribution in [0.4, 0.5) is 4.79 Å². The molecule has 2 aliphatic heterocycles. The fourth-order valence-electron chi connectivity index (χ4n) is 3.81. The Hall–Kier alpha value is -1.78.